The Balaban J connectivity index is 1.43. The quantitative estimate of drug-likeness (QED) is 0.171. The van der Waals surface area contributed by atoms with Crippen molar-refractivity contribution < 1.29 is 14.3 Å². The molecule has 0 aliphatic heterocycles. The first-order valence-electron chi connectivity index (χ1n) is 13.8. The van der Waals surface area contributed by atoms with Gasteiger partial charge in [0.15, 0.2) is 5.82 Å². The summed E-state index contributed by atoms with van der Waals surface area (Å²) in [6, 6.07) is 22.8. The van der Waals surface area contributed by atoms with Gasteiger partial charge in [-0.05, 0) is 66.9 Å². The van der Waals surface area contributed by atoms with Gasteiger partial charge in [0.25, 0.3) is 5.56 Å². The van der Waals surface area contributed by atoms with Gasteiger partial charge in [0.05, 0.1) is 22.4 Å². The molecular formula is C33H29N5O4S. The molecule has 0 atom stereocenters. The number of carbonyl (C=O) groups excluding carboxylic acids is 1. The number of nitrogens with zero attached hydrogens (tertiary/aromatic N) is 5. The number of hydrogen-bond donors (Lipinski definition) is 0. The fraction of sp³-hybridized carbons (Fsp3) is 0.182. The maximum Gasteiger partial charge on any atom is 0.308 e. The normalized spacial score (nSPS) is 11.9. The molecule has 0 spiro atoms. The van der Waals surface area contributed by atoms with Crippen LogP contribution in [-0.2, 0) is 4.79 Å². The van der Waals surface area contributed by atoms with E-state index in [-0.39, 0.29) is 5.56 Å². The van der Waals surface area contributed by atoms with E-state index >= 15 is 0 Å². The maximum absolute atomic E-state index is 13.5. The molecule has 0 radical (unpaired) electrons. The molecule has 0 saturated carbocycles. The minimum atomic E-state index is -0.449. The molecule has 0 N–H and O–H groups in total. The van der Waals surface area contributed by atoms with Crippen molar-refractivity contribution in [2.75, 3.05) is 6.61 Å². The van der Waals surface area contributed by atoms with Gasteiger partial charge in [-0.15, -0.1) is 5.10 Å². The summed E-state index contributed by atoms with van der Waals surface area (Å²) in [5.41, 5.74) is 4.56. The maximum atomic E-state index is 13.5. The average Bonchev–Trinajstić information content (AvgIpc) is 3.68. The molecule has 10 heteroatoms. The highest BCUT2D eigenvalue weighted by Gasteiger charge is 2.18. The van der Waals surface area contributed by atoms with Crippen molar-refractivity contribution in [1.82, 2.24) is 24.4 Å². The third-order valence-electron chi connectivity index (χ3n) is 6.63. The van der Waals surface area contributed by atoms with E-state index in [9.17, 15) is 9.59 Å². The standard InChI is InChI=1S/C33H29N5O4S/c1-20(2)19-41-27-15-14-23(16-21(27)3)30-24(18-37(35-30)25-10-6-5-7-11-25)17-29-32(40)38-33(43-29)34-31(36-38)26-12-8-9-13-28(26)42-22(4)39/h5-18,20H,19H2,1-4H3. The Bertz CT molecular complexity index is 2060. The lowest BCUT2D eigenvalue weighted by molar-refractivity contribution is -0.131. The molecule has 0 saturated heterocycles. The van der Waals surface area contributed by atoms with Crippen molar-refractivity contribution in [3.8, 4) is 39.8 Å². The predicted octanol–water partition coefficient (Wildman–Crippen LogP) is 5.49. The van der Waals surface area contributed by atoms with E-state index in [2.05, 4.69) is 30.0 Å². The first-order chi connectivity index (χ1) is 20.8. The van der Waals surface area contributed by atoms with Crippen molar-refractivity contribution in [2.45, 2.75) is 27.7 Å². The Morgan fingerprint density at radius 3 is 2.49 bits per heavy atom. The van der Waals surface area contributed by atoms with Crippen LogP contribution in [0, 0.1) is 12.8 Å². The van der Waals surface area contributed by atoms with Crippen LogP contribution in [0.2, 0.25) is 0 Å². The highest BCUT2D eigenvalue weighted by Crippen LogP contribution is 2.30. The van der Waals surface area contributed by atoms with Crippen LogP contribution in [-0.4, -0.2) is 37.0 Å². The van der Waals surface area contributed by atoms with Crippen molar-refractivity contribution in [1.29, 1.82) is 0 Å². The molecule has 3 aromatic carbocycles. The largest absolute Gasteiger partial charge is 0.493 e. The summed E-state index contributed by atoms with van der Waals surface area (Å²) >= 11 is 1.23. The summed E-state index contributed by atoms with van der Waals surface area (Å²) in [5.74, 6) is 1.45. The van der Waals surface area contributed by atoms with Crippen LogP contribution in [0.25, 0.3) is 39.4 Å². The Kier molecular flexibility index (Phi) is 7.60. The molecule has 6 aromatic rings. The van der Waals surface area contributed by atoms with Crippen molar-refractivity contribution in [3.05, 3.63) is 105 Å². The minimum Gasteiger partial charge on any atom is -0.493 e. The summed E-state index contributed by atoms with van der Waals surface area (Å²) in [5, 5.41) is 9.37. The van der Waals surface area contributed by atoms with E-state index in [4.69, 9.17) is 14.6 Å². The Morgan fingerprint density at radius 1 is 1.00 bits per heavy atom. The smallest absolute Gasteiger partial charge is 0.308 e. The number of para-hydroxylation sites is 2. The number of fused-ring (bicyclic) bond motifs is 1. The second kappa shape index (κ2) is 11.7. The van der Waals surface area contributed by atoms with Crippen LogP contribution >= 0.6 is 11.3 Å². The zero-order valence-electron chi connectivity index (χ0n) is 24.1. The summed E-state index contributed by atoms with van der Waals surface area (Å²) in [6.07, 6.45) is 3.75. The molecule has 0 aliphatic rings. The lowest BCUT2D eigenvalue weighted by Crippen LogP contribution is -2.23. The van der Waals surface area contributed by atoms with Crippen LogP contribution in [0.15, 0.2) is 83.8 Å². The number of aryl methyl sites for hydroxylation is 1. The van der Waals surface area contributed by atoms with Gasteiger partial charge < -0.3 is 9.47 Å². The molecule has 0 unspecified atom stereocenters. The molecular weight excluding hydrogens is 562 g/mol. The Hall–Kier alpha value is -5.09. The number of hydrogen-bond acceptors (Lipinski definition) is 8. The van der Waals surface area contributed by atoms with E-state index in [0.29, 0.717) is 39.2 Å². The molecule has 3 aromatic heterocycles. The highest BCUT2D eigenvalue weighted by molar-refractivity contribution is 7.15. The lowest BCUT2D eigenvalue weighted by Gasteiger charge is -2.12. The number of carbonyl (C=O) groups is 1. The Labute approximate surface area is 251 Å². The Morgan fingerprint density at radius 2 is 1.77 bits per heavy atom. The van der Waals surface area contributed by atoms with Crippen molar-refractivity contribution >= 4 is 28.3 Å². The second-order valence-corrected chi connectivity index (χ2v) is 11.5. The van der Waals surface area contributed by atoms with Crippen LogP contribution in [0.5, 0.6) is 11.5 Å². The van der Waals surface area contributed by atoms with E-state index in [1.807, 2.05) is 66.3 Å². The molecule has 216 valence electrons. The van der Waals surface area contributed by atoms with E-state index < -0.39 is 5.97 Å². The predicted molar refractivity (Wildman–Crippen MR) is 167 cm³/mol. The molecule has 9 nitrogen and oxygen atoms in total. The van der Waals surface area contributed by atoms with Crippen LogP contribution in [0.3, 0.4) is 0 Å². The topological polar surface area (TPSA) is 101 Å². The molecule has 43 heavy (non-hydrogen) atoms. The second-order valence-electron chi connectivity index (χ2n) is 10.5. The number of ether oxygens (including phenoxy) is 2. The SMILES string of the molecule is CC(=O)Oc1ccccc1-c1nc2sc(=Cc3cn(-c4ccccc4)nc3-c3ccc(OCC(C)C)c(C)c3)c(=O)n2n1. The van der Waals surface area contributed by atoms with Crippen LogP contribution < -0.4 is 19.6 Å². The third-order valence-corrected chi connectivity index (χ3v) is 7.59. The van der Waals surface area contributed by atoms with Gasteiger partial charge in [-0.25, -0.2) is 4.68 Å². The number of rotatable bonds is 8. The number of esters is 1. The zero-order chi connectivity index (χ0) is 30.1. The van der Waals surface area contributed by atoms with E-state index in [0.717, 1.165) is 33.8 Å². The van der Waals surface area contributed by atoms with Gasteiger partial charge in [0.1, 0.15) is 17.2 Å². The van der Waals surface area contributed by atoms with Gasteiger partial charge in [-0.1, -0.05) is 55.5 Å². The monoisotopic (exact) mass is 591 g/mol. The first kappa shape index (κ1) is 28.0. The van der Waals surface area contributed by atoms with Crippen LogP contribution in [0.4, 0.5) is 0 Å². The molecule has 0 fully saturated rings. The van der Waals surface area contributed by atoms with Gasteiger partial charge in [0.2, 0.25) is 4.96 Å². The third kappa shape index (κ3) is 5.82. The van der Waals surface area contributed by atoms with Crippen LogP contribution in [0.1, 0.15) is 31.9 Å². The lowest BCUT2D eigenvalue weighted by atomic mass is 10.0. The number of aromatic nitrogens is 5. The molecule has 6 rings (SSSR count). The number of benzene rings is 3. The fourth-order valence-corrected chi connectivity index (χ4v) is 5.53. The van der Waals surface area contributed by atoms with Gasteiger partial charge in [0, 0.05) is 24.2 Å². The molecule has 0 amide bonds. The molecule has 0 aliphatic carbocycles. The van der Waals surface area contributed by atoms with Gasteiger partial charge in [-0.3, -0.25) is 9.59 Å². The minimum absolute atomic E-state index is 0.296. The van der Waals surface area contributed by atoms with E-state index in [1.54, 1.807) is 24.3 Å². The van der Waals surface area contributed by atoms with Crippen molar-refractivity contribution in [3.63, 3.8) is 0 Å². The fourth-order valence-electron chi connectivity index (χ4n) is 4.63. The van der Waals surface area contributed by atoms with Crippen molar-refractivity contribution in [2.24, 2.45) is 5.92 Å². The summed E-state index contributed by atoms with van der Waals surface area (Å²) in [4.78, 5) is 30.1. The average molecular weight is 592 g/mol. The first-order valence-corrected chi connectivity index (χ1v) is 14.7. The van der Waals surface area contributed by atoms with Gasteiger partial charge >= 0.3 is 5.97 Å². The highest BCUT2D eigenvalue weighted by atomic mass is 32.1. The molecule has 0 bridgehead atoms. The van der Waals surface area contributed by atoms with Gasteiger partial charge in [-0.2, -0.15) is 14.6 Å². The van der Waals surface area contributed by atoms with E-state index in [1.165, 1.54) is 22.8 Å². The summed E-state index contributed by atoms with van der Waals surface area (Å²) < 4.78 is 14.9. The molecule has 3 heterocycles. The number of thiazole rings is 1. The zero-order valence-corrected chi connectivity index (χ0v) is 25.0. The summed E-state index contributed by atoms with van der Waals surface area (Å²) in [6.45, 7) is 8.22. The summed E-state index contributed by atoms with van der Waals surface area (Å²) in [7, 11) is 0.